The number of carbonyl (C=O) groups is 1. The van der Waals surface area contributed by atoms with Gasteiger partial charge in [-0.2, -0.15) is 0 Å². The maximum Gasteiger partial charge on any atom is 0.229 e. The highest BCUT2D eigenvalue weighted by atomic mass is 16.1. The van der Waals surface area contributed by atoms with Crippen LogP contribution in [0.1, 0.15) is 36.9 Å². The summed E-state index contributed by atoms with van der Waals surface area (Å²) < 4.78 is 0. The minimum atomic E-state index is -0.457. The number of nitrogens with two attached hydrogens (primary N) is 1. The van der Waals surface area contributed by atoms with E-state index < -0.39 is 5.41 Å². The van der Waals surface area contributed by atoms with Crippen LogP contribution in [0.5, 0.6) is 0 Å². The smallest absolute Gasteiger partial charge is 0.229 e. The molecule has 2 aliphatic rings. The van der Waals surface area contributed by atoms with Crippen LogP contribution in [0.25, 0.3) is 0 Å². The van der Waals surface area contributed by atoms with Gasteiger partial charge >= 0.3 is 0 Å². The second-order valence-corrected chi connectivity index (χ2v) is 5.48. The third kappa shape index (κ3) is 2.01. The van der Waals surface area contributed by atoms with Gasteiger partial charge in [0.2, 0.25) is 5.91 Å². The van der Waals surface area contributed by atoms with Crippen molar-refractivity contribution in [2.24, 2.45) is 5.73 Å². The van der Waals surface area contributed by atoms with Crippen molar-refractivity contribution < 1.29 is 4.79 Å². The molecule has 18 heavy (non-hydrogen) atoms. The SMILES string of the molecule is NC(=O)C1(c2cc(CN3CCCC3)ccn2)CC1. The molecule has 96 valence electrons. The topological polar surface area (TPSA) is 59.2 Å². The van der Waals surface area contributed by atoms with Gasteiger partial charge in [-0.3, -0.25) is 14.7 Å². The van der Waals surface area contributed by atoms with Crippen molar-refractivity contribution >= 4 is 5.91 Å². The first-order valence-electron chi connectivity index (χ1n) is 6.68. The van der Waals surface area contributed by atoms with Crippen molar-refractivity contribution in [3.63, 3.8) is 0 Å². The number of pyridine rings is 1. The number of nitrogens with zero attached hydrogens (tertiary/aromatic N) is 2. The van der Waals surface area contributed by atoms with Gasteiger partial charge in [-0.05, 0) is 56.5 Å². The first kappa shape index (κ1) is 11.7. The minimum absolute atomic E-state index is 0.228. The average Bonchev–Trinajstić information content (AvgIpc) is 3.04. The Bertz CT molecular complexity index is 462. The normalized spacial score (nSPS) is 22.0. The van der Waals surface area contributed by atoms with Gasteiger partial charge < -0.3 is 5.73 Å². The van der Waals surface area contributed by atoms with Gasteiger partial charge in [0.15, 0.2) is 0 Å². The lowest BCUT2D eigenvalue weighted by Crippen LogP contribution is -2.29. The van der Waals surface area contributed by atoms with Gasteiger partial charge in [0.25, 0.3) is 0 Å². The second kappa shape index (κ2) is 4.35. The number of primary amides is 1. The third-order valence-electron chi connectivity index (χ3n) is 4.14. The molecule has 0 radical (unpaired) electrons. The fourth-order valence-electron chi connectivity index (χ4n) is 2.79. The number of likely N-dealkylation sites (tertiary alicyclic amines) is 1. The van der Waals surface area contributed by atoms with E-state index in [2.05, 4.69) is 16.0 Å². The highest BCUT2D eigenvalue weighted by Crippen LogP contribution is 2.47. The summed E-state index contributed by atoms with van der Waals surface area (Å²) in [5.74, 6) is -0.228. The van der Waals surface area contributed by atoms with E-state index in [1.807, 2.05) is 12.3 Å². The van der Waals surface area contributed by atoms with E-state index in [0.29, 0.717) is 0 Å². The van der Waals surface area contributed by atoms with Crippen LogP contribution in [0.4, 0.5) is 0 Å². The molecule has 1 aromatic rings. The van der Waals surface area contributed by atoms with E-state index in [0.717, 1.165) is 25.1 Å². The molecule has 1 aliphatic carbocycles. The fraction of sp³-hybridized carbons (Fsp3) is 0.571. The van der Waals surface area contributed by atoms with Crippen LogP contribution >= 0.6 is 0 Å². The van der Waals surface area contributed by atoms with Crippen LogP contribution < -0.4 is 5.73 Å². The number of amides is 1. The zero-order valence-corrected chi connectivity index (χ0v) is 10.6. The molecule has 3 rings (SSSR count). The first-order chi connectivity index (χ1) is 8.71. The van der Waals surface area contributed by atoms with Gasteiger partial charge in [0.05, 0.1) is 11.1 Å². The number of rotatable bonds is 4. The number of hydrogen-bond acceptors (Lipinski definition) is 3. The molecular formula is C14H19N3O. The molecule has 1 saturated carbocycles. The average molecular weight is 245 g/mol. The van der Waals surface area contributed by atoms with E-state index in [9.17, 15) is 4.79 Å². The second-order valence-electron chi connectivity index (χ2n) is 5.48. The lowest BCUT2D eigenvalue weighted by molar-refractivity contribution is -0.120. The summed E-state index contributed by atoms with van der Waals surface area (Å²) in [5.41, 5.74) is 7.14. The van der Waals surface area contributed by atoms with Crippen molar-refractivity contribution in [1.29, 1.82) is 0 Å². The molecule has 4 heteroatoms. The molecule has 0 bridgehead atoms. The van der Waals surface area contributed by atoms with Crippen molar-refractivity contribution in [2.75, 3.05) is 13.1 Å². The predicted octanol–water partition coefficient (Wildman–Crippen LogP) is 1.19. The largest absolute Gasteiger partial charge is 0.369 e. The van der Waals surface area contributed by atoms with Crippen LogP contribution in [-0.4, -0.2) is 28.9 Å². The third-order valence-corrected chi connectivity index (χ3v) is 4.14. The molecule has 0 unspecified atom stereocenters. The van der Waals surface area contributed by atoms with Crippen molar-refractivity contribution in [2.45, 2.75) is 37.6 Å². The molecule has 1 aliphatic heterocycles. The summed E-state index contributed by atoms with van der Waals surface area (Å²) in [5, 5.41) is 0. The van der Waals surface area contributed by atoms with Crippen LogP contribution in [0.2, 0.25) is 0 Å². The van der Waals surface area contributed by atoms with Crippen LogP contribution in [-0.2, 0) is 16.8 Å². The minimum Gasteiger partial charge on any atom is -0.369 e. The van der Waals surface area contributed by atoms with Crippen LogP contribution in [0.3, 0.4) is 0 Å². The maximum atomic E-state index is 11.5. The zero-order chi connectivity index (χ0) is 12.6. The van der Waals surface area contributed by atoms with E-state index in [4.69, 9.17) is 5.73 Å². The summed E-state index contributed by atoms with van der Waals surface area (Å²) in [7, 11) is 0. The number of hydrogen-bond donors (Lipinski definition) is 1. The standard InChI is InChI=1S/C14H19N3O/c15-13(18)14(4-5-14)12-9-11(3-6-16-12)10-17-7-1-2-8-17/h3,6,9H,1-2,4-5,7-8,10H2,(H2,15,18). The summed E-state index contributed by atoms with van der Waals surface area (Å²) in [6.07, 6.45) is 6.10. The van der Waals surface area contributed by atoms with E-state index >= 15 is 0 Å². The Kier molecular flexibility index (Phi) is 2.82. The molecule has 2 N–H and O–H groups in total. The summed E-state index contributed by atoms with van der Waals surface area (Å²) in [6, 6.07) is 4.11. The van der Waals surface area contributed by atoms with Gasteiger partial charge in [-0.1, -0.05) is 0 Å². The summed E-state index contributed by atoms with van der Waals surface area (Å²) in [4.78, 5) is 18.3. The van der Waals surface area contributed by atoms with Crippen molar-refractivity contribution in [3.8, 4) is 0 Å². The van der Waals surface area contributed by atoms with E-state index in [1.54, 1.807) is 0 Å². The zero-order valence-electron chi connectivity index (χ0n) is 10.6. The predicted molar refractivity (Wildman–Crippen MR) is 68.9 cm³/mol. The molecule has 1 saturated heterocycles. The Labute approximate surface area is 107 Å². The monoisotopic (exact) mass is 245 g/mol. The van der Waals surface area contributed by atoms with Gasteiger partial charge in [0.1, 0.15) is 0 Å². The highest BCUT2D eigenvalue weighted by Gasteiger charge is 2.51. The molecular weight excluding hydrogens is 226 g/mol. The van der Waals surface area contributed by atoms with Gasteiger partial charge in [0, 0.05) is 12.7 Å². The Balaban J connectivity index is 1.79. The Morgan fingerprint density at radius 1 is 1.39 bits per heavy atom. The molecule has 4 nitrogen and oxygen atoms in total. The molecule has 0 spiro atoms. The molecule has 0 atom stereocenters. The molecule has 1 aromatic heterocycles. The number of aromatic nitrogens is 1. The lowest BCUT2D eigenvalue weighted by Gasteiger charge is -2.16. The summed E-state index contributed by atoms with van der Waals surface area (Å²) in [6.45, 7) is 3.32. The van der Waals surface area contributed by atoms with Crippen LogP contribution in [0, 0.1) is 0 Å². The Morgan fingerprint density at radius 2 is 2.11 bits per heavy atom. The molecule has 1 amide bonds. The molecule has 0 aromatic carbocycles. The quantitative estimate of drug-likeness (QED) is 0.867. The summed E-state index contributed by atoms with van der Waals surface area (Å²) >= 11 is 0. The first-order valence-corrected chi connectivity index (χ1v) is 6.68. The lowest BCUT2D eigenvalue weighted by atomic mass is 9.99. The van der Waals surface area contributed by atoms with Crippen LogP contribution in [0.15, 0.2) is 18.3 Å². The number of carbonyl (C=O) groups excluding carboxylic acids is 1. The maximum absolute atomic E-state index is 11.5. The highest BCUT2D eigenvalue weighted by molar-refractivity contribution is 5.89. The fourth-order valence-corrected chi connectivity index (χ4v) is 2.79. The van der Waals surface area contributed by atoms with E-state index in [-0.39, 0.29) is 5.91 Å². The van der Waals surface area contributed by atoms with Gasteiger partial charge in [-0.15, -0.1) is 0 Å². The van der Waals surface area contributed by atoms with E-state index in [1.165, 1.54) is 31.5 Å². The van der Waals surface area contributed by atoms with Gasteiger partial charge in [-0.25, -0.2) is 0 Å². The Hall–Kier alpha value is -1.42. The molecule has 2 fully saturated rings. The Morgan fingerprint density at radius 3 is 2.72 bits per heavy atom. The van der Waals surface area contributed by atoms with Crippen molar-refractivity contribution in [3.05, 3.63) is 29.6 Å². The molecule has 2 heterocycles. The van der Waals surface area contributed by atoms with Crippen molar-refractivity contribution in [1.82, 2.24) is 9.88 Å².